The first-order valence-electron chi connectivity index (χ1n) is 10.3. The number of carbonyl (C=O) groups excluding carboxylic acids is 1. The molecule has 0 aromatic heterocycles. The van der Waals surface area contributed by atoms with Crippen molar-refractivity contribution in [2.45, 2.75) is 39.0 Å². The Bertz CT molecular complexity index is 1090. The number of benzene rings is 2. The standard InChI is InChI=1S/C23H29N3O4S/c1-15(2)12-22-25-31(28,29)21-13-18(8-11-20(21)26(22)14-16(3)4)24-23(27)17-6-9-19(30-5)10-7-17/h6-11,13,15-16H,12,14H2,1-5H3,(H,24,27). The minimum absolute atomic E-state index is 0.105. The van der Waals surface area contributed by atoms with Crippen molar-refractivity contribution in [2.75, 3.05) is 23.9 Å². The number of sulfonamides is 1. The van der Waals surface area contributed by atoms with E-state index in [1.165, 1.54) is 6.07 Å². The third-order valence-corrected chi connectivity index (χ3v) is 6.15. The summed E-state index contributed by atoms with van der Waals surface area (Å²) in [6, 6.07) is 11.6. The fraction of sp³-hybridized carbons (Fsp3) is 0.391. The summed E-state index contributed by atoms with van der Waals surface area (Å²) in [5, 5.41) is 2.77. The molecule has 0 bridgehead atoms. The van der Waals surface area contributed by atoms with Crippen molar-refractivity contribution in [2.24, 2.45) is 16.2 Å². The van der Waals surface area contributed by atoms with Crippen LogP contribution < -0.4 is 15.0 Å². The van der Waals surface area contributed by atoms with Gasteiger partial charge in [-0.05, 0) is 54.3 Å². The summed E-state index contributed by atoms with van der Waals surface area (Å²) in [7, 11) is -2.30. The number of amidine groups is 1. The SMILES string of the molecule is COc1ccc(C(=O)Nc2ccc3c(c2)S(=O)(=O)N=C(CC(C)C)N3CC(C)C)cc1. The normalized spacial score (nSPS) is 14.9. The van der Waals surface area contributed by atoms with Crippen LogP contribution in [-0.4, -0.2) is 33.8 Å². The first kappa shape index (κ1) is 22.8. The molecule has 2 aromatic rings. The third kappa shape index (κ3) is 5.25. The third-order valence-electron chi connectivity index (χ3n) is 4.81. The zero-order chi connectivity index (χ0) is 22.8. The molecule has 0 saturated heterocycles. The highest BCUT2D eigenvalue weighted by molar-refractivity contribution is 7.90. The Labute approximate surface area is 184 Å². The van der Waals surface area contributed by atoms with Gasteiger partial charge in [-0.3, -0.25) is 4.79 Å². The van der Waals surface area contributed by atoms with Crippen LogP contribution in [0.15, 0.2) is 51.8 Å². The van der Waals surface area contributed by atoms with E-state index in [2.05, 4.69) is 23.6 Å². The Morgan fingerprint density at radius 2 is 1.74 bits per heavy atom. The fourth-order valence-corrected chi connectivity index (χ4v) is 4.69. The van der Waals surface area contributed by atoms with Crippen LogP contribution >= 0.6 is 0 Å². The molecule has 31 heavy (non-hydrogen) atoms. The van der Waals surface area contributed by atoms with Crippen molar-refractivity contribution < 1.29 is 17.9 Å². The molecule has 0 aliphatic carbocycles. The van der Waals surface area contributed by atoms with Gasteiger partial charge in [-0.25, -0.2) is 0 Å². The van der Waals surface area contributed by atoms with Gasteiger partial charge in [0.1, 0.15) is 16.5 Å². The monoisotopic (exact) mass is 443 g/mol. The largest absolute Gasteiger partial charge is 0.497 e. The maximum Gasteiger partial charge on any atom is 0.286 e. The van der Waals surface area contributed by atoms with Gasteiger partial charge >= 0.3 is 0 Å². The molecule has 8 heteroatoms. The van der Waals surface area contributed by atoms with Crippen LogP contribution in [0.1, 0.15) is 44.5 Å². The van der Waals surface area contributed by atoms with E-state index < -0.39 is 10.0 Å². The predicted octanol–water partition coefficient (Wildman–Crippen LogP) is 4.56. The van der Waals surface area contributed by atoms with E-state index in [1.807, 2.05) is 18.7 Å². The fourth-order valence-electron chi connectivity index (χ4n) is 3.42. The van der Waals surface area contributed by atoms with Crippen molar-refractivity contribution in [1.29, 1.82) is 0 Å². The van der Waals surface area contributed by atoms with E-state index in [4.69, 9.17) is 4.74 Å². The Kier molecular flexibility index (Phi) is 6.69. The van der Waals surface area contributed by atoms with E-state index in [1.54, 1.807) is 43.5 Å². The van der Waals surface area contributed by atoms with Crippen LogP contribution in [-0.2, 0) is 10.0 Å². The molecule has 3 rings (SSSR count). The maximum atomic E-state index is 12.9. The Morgan fingerprint density at radius 3 is 2.32 bits per heavy atom. The lowest BCUT2D eigenvalue weighted by Gasteiger charge is -2.33. The zero-order valence-corrected chi connectivity index (χ0v) is 19.4. The lowest BCUT2D eigenvalue weighted by molar-refractivity contribution is 0.102. The first-order valence-corrected chi connectivity index (χ1v) is 11.8. The summed E-state index contributed by atoms with van der Waals surface area (Å²) < 4.78 is 35.1. The number of nitrogens with one attached hydrogen (secondary N) is 1. The molecule has 1 aliphatic heterocycles. The zero-order valence-electron chi connectivity index (χ0n) is 18.5. The smallest absolute Gasteiger partial charge is 0.286 e. The number of amides is 1. The van der Waals surface area contributed by atoms with Crippen LogP contribution in [0.25, 0.3) is 0 Å². The summed E-state index contributed by atoms with van der Waals surface area (Å²) in [6.45, 7) is 8.90. The van der Waals surface area contributed by atoms with E-state index in [0.717, 1.165) is 0 Å². The van der Waals surface area contributed by atoms with Gasteiger partial charge in [0.05, 0.1) is 12.8 Å². The second-order valence-electron chi connectivity index (χ2n) is 8.45. The molecule has 1 heterocycles. The summed E-state index contributed by atoms with van der Waals surface area (Å²) in [4.78, 5) is 14.7. The summed E-state index contributed by atoms with van der Waals surface area (Å²) in [6.07, 6.45) is 0.571. The maximum absolute atomic E-state index is 12.9. The number of anilines is 2. The average Bonchev–Trinajstić information content (AvgIpc) is 2.70. The van der Waals surface area contributed by atoms with Gasteiger partial charge < -0.3 is 15.0 Å². The molecule has 1 N–H and O–H groups in total. The van der Waals surface area contributed by atoms with Crippen molar-refractivity contribution in [3.63, 3.8) is 0 Å². The number of methoxy groups -OCH3 is 1. The van der Waals surface area contributed by atoms with Gasteiger partial charge in [0.25, 0.3) is 15.9 Å². The van der Waals surface area contributed by atoms with Crippen LogP contribution in [0.5, 0.6) is 5.75 Å². The molecule has 0 radical (unpaired) electrons. The minimum Gasteiger partial charge on any atom is -0.497 e. The van der Waals surface area contributed by atoms with E-state index in [0.29, 0.717) is 47.4 Å². The Morgan fingerprint density at radius 1 is 1.06 bits per heavy atom. The molecule has 7 nitrogen and oxygen atoms in total. The van der Waals surface area contributed by atoms with Gasteiger partial charge in [0.2, 0.25) is 0 Å². The Balaban J connectivity index is 1.94. The number of hydrogen-bond donors (Lipinski definition) is 1. The second kappa shape index (κ2) is 9.09. The Hall–Kier alpha value is -2.87. The van der Waals surface area contributed by atoms with Gasteiger partial charge in [-0.15, -0.1) is 4.40 Å². The highest BCUT2D eigenvalue weighted by Gasteiger charge is 2.31. The van der Waals surface area contributed by atoms with Crippen molar-refractivity contribution in [3.8, 4) is 5.75 Å². The second-order valence-corrected chi connectivity index (χ2v) is 10.0. The van der Waals surface area contributed by atoms with Crippen LogP contribution in [0, 0.1) is 11.8 Å². The highest BCUT2D eigenvalue weighted by atomic mass is 32.2. The van der Waals surface area contributed by atoms with Crippen LogP contribution in [0.4, 0.5) is 11.4 Å². The van der Waals surface area contributed by atoms with Gasteiger partial charge in [0.15, 0.2) is 0 Å². The molecule has 166 valence electrons. The molecule has 0 fully saturated rings. The molecular weight excluding hydrogens is 414 g/mol. The van der Waals surface area contributed by atoms with Crippen LogP contribution in [0.2, 0.25) is 0 Å². The number of hydrogen-bond acceptors (Lipinski definition) is 5. The summed E-state index contributed by atoms with van der Waals surface area (Å²) >= 11 is 0. The molecule has 0 spiro atoms. The molecule has 0 saturated carbocycles. The van der Waals surface area contributed by atoms with Crippen molar-refractivity contribution in [3.05, 3.63) is 48.0 Å². The first-order chi connectivity index (χ1) is 14.6. The molecule has 1 aliphatic rings. The minimum atomic E-state index is -3.86. The van der Waals surface area contributed by atoms with E-state index in [-0.39, 0.29) is 16.7 Å². The van der Waals surface area contributed by atoms with Gasteiger partial charge in [0, 0.05) is 24.2 Å². The van der Waals surface area contributed by atoms with Crippen LogP contribution in [0.3, 0.4) is 0 Å². The highest BCUT2D eigenvalue weighted by Crippen LogP contribution is 2.35. The number of nitrogens with zero attached hydrogens (tertiary/aromatic N) is 2. The molecule has 2 aromatic carbocycles. The quantitative estimate of drug-likeness (QED) is 0.678. The van der Waals surface area contributed by atoms with E-state index in [9.17, 15) is 13.2 Å². The molecule has 1 amide bonds. The lowest BCUT2D eigenvalue weighted by Crippen LogP contribution is -2.39. The average molecular weight is 444 g/mol. The summed E-state index contributed by atoms with van der Waals surface area (Å²) in [5.41, 5.74) is 1.44. The van der Waals surface area contributed by atoms with E-state index >= 15 is 0 Å². The van der Waals surface area contributed by atoms with Crippen molar-refractivity contribution >= 4 is 33.1 Å². The number of rotatable bonds is 7. The number of carbonyl (C=O) groups is 1. The number of ether oxygens (including phenoxy) is 1. The molecule has 0 atom stereocenters. The topological polar surface area (TPSA) is 88.1 Å². The lowest BCUT2D eigenvalue weighted by atomic mass is 10.1. The van der Waals surface area contributed by atoms with Crippen molar-refractivity contribution in [1.82, 2.24) is 0 Å². The summed E-state index contributed by atoms with van der Waals surface area (Å²) in [5.74, 6) is 1.47. The number of fused-ring (bicyclic) bond motifs is 1. The molecule has 0 unspecified atom stereocenters. The predicted molar refractivity (Wildman–Crippen MR) is 124 cm³/mol. The van der Waals surface area contributed by atoms with Gasteiger partial charge in [-0.1, -0.05) is 27.7 Å². The van der Waals surface area contributed by atoms with Gasteiger partial charge in [-0.2, -0.15) is 8.42 Å². The molecular formula is C23H29N3O4S.